The molecule has 2 aromatic rings. The summed E-state index contributed by atoms with van der Waals surface area (Å²) in [5.41, 5.74) is 2.25. The third-order valence-corrected chi connectivity index (χ3v) is 7.47. The predicted octanol–water partition coefficient (Wildman–Crippen LogP) is 4.92. The van der Waals surface area contributed by atoms with Crippen LogP contribution in [0.1, 0.15) is 61.2 Å². The van der Waals surface area contributed by atoms with Crippen LogP contribution in [0.2, 0.25) is 0 Å². The number of aromatic carboxylic acids is 1. The van der Waals surface area contributed by atoms with Crippen LogP contribution in [0, 0.1) is 11.8 Å². The number of nitrogens with zero attached hydrogens (tertiary/aromatic N) is 1. The highest BCUT2D eigenvalue weighted by Gasteiger charge is 2.51. The van der Waals surface area contributed by atoms with Gasteiger partial charge in [-0.2, -0.15) is 0 Å². The molecule has 0 saturated carbocycles. The van der Waals surface area contributed by atoms with Crippen LogP contribution in [0.15, 0.2) is 42.5 Å². The number of carboxylic acid groups (broad SMARTS) is 1. The zero-order chi connectivity index (χ0) is 23.2. The number of carbonyl (C=O) groups is 1. The standard InChI is InChI=1S/C27H33NO5/c1-4-31-23-7-5-6-20-24-21(27(2,3)33-25(20)23)14-19-16-28(13-12-22(19)32-24)15-17-8-10-18(11-9-17)26(29)30/h5-11,19,21-22,24H,4,12-16H2,1-3H3,(H,29,30)/t19-,21-,22-,24+/m0/s1. The summed E-state index contributed by atoms with van der Waals surface area (Å²) < 4.78 is 19.2. The van der Waals surface area contributed by atoms with Crippen LogP contribution < -0.4 is 9.47 Å². The summed E-state index contributed by atoms with van der Waals surface area (Å²) in [6.07, 6.45) is 2.34. The summed E-state index contributed by atoms with van der Waals surface area (Å²) >= 11 is 0. The molecule has 0 aromatic heterocycles. The van der Waals surface area contributed by atoms with E-state index in [0.717, 1.165) is 55.1 Å². The van der Waals surface area contributed by atoms with Crippen LogP contribution in [0.5, 0.6) is 11.5 Å². The number of hydrogen-bond acceptors (Lipinski definition) is 5. The normalized spacial score (nSPS) is 28.1. The third-order valence-electron chi connectivity index (χ3n) is 7.47. The van der Waals surface area contributed by atoms with E-state index < -0.39 is 5.97 Å². The lowest BCUT2D eigenvalue weighted by Crippen LogP contribution is -2.55. The Morgan fingerprint density at radius 1 is 1.21 bits per heavy atom. The number of hydrogen-bond donors (Lipinski definition) is 1. The molecular weight excluding hydrogens is 418 g/mol. The molecule has 0 radical (unpaired) electrons. The maximum atomic E-state index is 11.1. The van der Waals surface area contributed by atoms with Crippen molar-refractivity contribution >= 4 is 5.97 Å². The van der Waals surface area contributed by atoms with Gasteiger partial charge < -0.3 is 19.3 Å². The van der Waals surface area contributed by atoms with E-state index in [1.165, 1.54) is 0 Å². The van der Waals surface area contributed by atoms with Crippen LogP contribution >= 0.6 is 0 Å². The van der Waals surface area contributed by atoms with E-state index in [1.54, 1.807) is 12.1 Å². The number of para-hydroxylation sites is 1. The molecule has 2 fully saturated rings. The van der Waals surface area contributed by atoms with E-state index >= 15 is 0 Å². The molecule has 0 unspecified atom stereocenters. The number of likely N-dealkylation sites (tertiary alicyclic amines) is 1. The van der Waals surface area contributed by atoms with E-state index in [4.69, 9.17) is 19.3 Å². The second kappa shape index (κ2) is 8.65. The fourth-order valence-corrected chi connectivity index (χ4v) is 5.79. The average Bonchev–Trinajstić information content (AvgIpc) is 2.79. The zero-order valence-electron chi connectivity index (χ0n) is 19.6. The SMILES string of the molecule is CCOc1cccc2c1OC(C)(C)[C@H]1C[C@H]3CN(Cc4ccc(C(=O)O)cc4)CC[C@@H]3O[C@H]21. The van der Waals surface area contributed by atoms with E-state index in [-0.39, 0.29) is 23.7 Å². The van der Waals surface area contributed by atoms with Gasteiger partial charge in [0.25, 0.3) is 0 Å². The molecule has 0 spiro atoms. The second-order valence-electron chi connectivity index (χ2n) is 10.0. The smallest absolute Gasteiger partial charge is 0.335 e. The van der Waals surface area contributed by atoms with Crippen molar-refractivity contribution in [3.8, 4) is 11.5 Å². The van der Waals surface area contributed by atoms with Gasteiger partial charge >= 0.3 is 5.97 Å². The second-order valence-corrected chi connectivity index (χ2v) is 10.0. The van der Waals surface area contributed by atoms with Crippen molar-refractivity contribution in [1.29, 1.82) is 0 Å². The molecule has 2 aromatic carbocycles. The molecular formula is C27H33NO5. The van der Waals surface area contributed by atoms with Crippen molar-refractivity contribution in [2.75, 3.05) is 19.7 Å². The topological polar surface area (TPSA) is 68.2 Å². The quantitative estimate of drug-likeness (QED) is 0.696. The summed E-state index contributed by atoms with van der Waals surface area (Å²) in [6, 6.07) is 13.4. The van der Waals surface area contributed by atoms with Gasteiger partial charge in [-0.15, -0.1) is 0 Å². The predicted molar refractivity (Wildman–Crippen MR) is 125 cm³/mol. The first-order valence-electron chi connectivity index (χ1n) is 12.0. The Hall–Kier alpha value is -2.57. The first-order valence-corrected chi connectivity index (χ1v) is 12.0. The third kappa shape index (κ3) is 4.22. The molecule has 1 N–H and O–H groups in total. The summed E-state index contributed by atoms with van der Waals surface area (Å²) in [6.45, 7) is 9.73. The van der Waals surface area contributed by atoms with Gasteiger partial charge in [-0.25, -0.2) is 4.79 Å². The maximum absolute atomic E-state index is 11.1. The fraction of sp³-hybridized carbons (Fsp3) is 0.519. The van der Waals surface area contributed by atoms with Crippen LogP contribution in [0.4, 0.5) is 0 Å². The summed E-state index contributed by atoms with van der Waals surface area (Å²) in [4.78, 5) is 13.6. The molecule has 3 aliphatic heterocycles. The maximum Gasteiger partial charge on any atom is 0.335 e. The van der Waals surface area contributed by atoms with Gasteiger partial charge in [0, 0.05) is 31.1 Å². The molecule has 4 atom stereocenters. The lowest BCUT2D eigenvalue weighted by molar-refractivity contribution is -0.188. The molecule has 0 bridgehead atoms. The number of rotatable bonds is 5. The van der Waals surface area contributed by atoms with Crippen molar-refractivity contribution in [3.05, 3.63) is 59.2 Å². The van der Waals surface area contributed by atoms with Gasteiger partial charge in [0.1, 0.15) is 5.60 Å². The highest BCUT2D eigenvalue weighted by atomic mass is 16.5. The summed E-state index contributed by atoms with van der Waals surface area (Å²) in [5.74, 6) is 1.49. The molecule has 6 heteroatoms. The minimum atomic E-state index is -0.886. The molecule has 2 saturated heterocycles. The monoisotopic (exact) mass is 451 g/mol. The van der Waals surface area contributed by atoms with Crippen LogP contribution in [0.3, 0.4) is 0 Å². The molecule has 3 aliphatic rings. The first kappa shape index (κ1) is 22.2. The van der Waals surface area contributed by atoms with Gasteiger partial charge in [0.15, 0.2) is 11.5 Å². The van der Waals surface area contributed by atoms with Crippen LogP contribution in [-0.4, -0.2) is 47.4 Å². The molecule has 33 heavy (non-hydrogen) atoms. The Morgan fingerprint density at radius 3 is 2.73 bits per heavy atom. The van der Waals surface area contributed by atoms with Crippen LogP contribution in [0.25, 0.3) is 0 Å². The molecule has 176 valence electrons. The molecule has 3 heterocycles. The van der Waals surface area contributed by atoms with Crippen molar-refractivity contribution in [2.45, 2.75) is 58.0 Å². The largest absolute Gasteiger partial charge is 0.490 e. The van der Waals surface area contributed by atoms with E-state index in [0.29, 0.717) is 18.1 Å². The summed E-state index contributed by atoms with van der Waals surface area (Å²) in [5, 5.41) is 9.13. The molecule has 5 rings (SSSR count). The van der Waals surface area contributed by atoms with Crippen LogP contribution in [-0.2, 0) is 11.3 Å². The minimum Gasteiger partial charge on any atom is -0.490 e. The van der Waals surface area contributed by atoms with Crippen molar-refractivity contribution < 1.29 is 24.1 Å². The van der Waals surface area contributed by atoms with Gasteiger partial charge in [-0.05, 0) is 63.3 Å². The van der Waals surface area contributed by atoms with Crippen molar-refractivity contribution in [2.24, 2.45) is 11.8 Å². The minimum absolute atomic E-state index is 0.0283. The van der Waals surface area contributed by atoms with E-state index in [1.807, 2.05) is 31.2 Å². The Labute approximate surface area is 195 Å². The molecule has 6 nitrogen and oxygen atoms in total. The average molecular weight is 452 g/mol. The van der Waals surface area contributed by atoms with Gasteiger partial charge in [0.2, 0.25) is 0 Å². The highest BCUT2D eigenvalue weighted by Crippen LogP contribution is 2.55. The Bertz CT molecular complexity index is 1020. The Balaban J connectivity index is 1.32. The fourth-order valence-electron chi connectivity index (χ4n) is 5.79. The van der Waals surface area contributed by atoms with E-state index in [2.05, 4.69) is 24.8 Å². The Morgan fingerprint density at radius 2 is 2.00 bits per heavy atom. The lowest BCUT2D eigenvalue weighted by Gasteiger charge is -2.53. The van der Waals surface area contributed by atoms with Gasteiger partial charge in [-0.1, -0.05) is 24.3 Å². The first-order chi connectivity index (χ1) is 15.9. The van der Waals surface area contributed by atoms with Crippen molar-refractivity contribution in [3.63, 3.8) is 0 Å². The van der Waals surface area contributed by atoms with Gasteiger partial charge in [0.05, 0.1) is 24.4 Å². The molecule has 0 amide bonds. The van der Waals surface area contributed by atoms with Gasteiger partial charge in [-0.3, -0.25) is 4.90 Å². The number of carboxylic acids is 1. The number of fused-ring (bicyclic) bond motifs is 4. The molecule has 0 aliphatic carbocycles. The Kier molecular flexibility index (Phi) is 5.83. The zero-order valence-corrected chi connectivity index (χ0v) is 19.6. The summed E-state index contributed by atoms with van der Waals surface area (Å²) in [7, 11) is 0. The number of piperidine rings is 1. The highest BCUT2D eigenvalue weighted by molar-refractivity contribution is 5.87. The number of ether oxygens (including phenoxy) is 3. The lowest BCUT2D eigenvalue weighted by atomic mass is 9.70. The van der Waals surface area contributed by atoms with Crippen molar-refractivity contribution in [1.82, 2.24) is 4.90 Å². The van der Waals surface area contributed by atoms with E-state index in [9.17, 15) is 4.79 Å². The number of benzene rings is 2.